The summed E-state index contributed by atoms with van der Waals surface area (Å²) in [6.07, 6.45) is 4.44. The van der Waals surface area contributed by atoms with Gasteiger partial charge in [-0.05, 0) is 47.4 Å². The molecule has 184 valence electrons. The number of fused-ring (bicyclic) bond motifs is 3. The number of carboxylic acids is 1. The molecule has 2 amide bonds. The fourth-order valence-corrected chi connectivity index (χ4v) is 5.79. The van der Waals surface area contributed by atoms with Crippen molar-refractivity contribution in [1.82, 2.24) is 10.6 Å². The second-order valence-corrected chi connectivity index (χ2v) is 10.2. The number of carbonyl (C=O) groups is 3. The molecule has 2 aromatic rings. The fraction of sp³-hybridized carbons (Fsp3) is 0.464. The molecule has 0 unspecified atom stereocenters. The molecule has 0 bridgehead atoms. The Morgan fingerprint density at radius 1 is 0.914 bits per heavy atom. The standard InChI is InChI=1S/C28H32N2O5/c31-25(32)23-14-18(23)15-29-26(33)28(12-6-1-7-13-28)17-30-27(34)35-16-24-21-10-4-2-8-19(21)20-9-3-5-11-22(20)24/h2-5,8-11,18,23-24H,1,6-7,12-17H2,(H,29,33)(H,30,34)(H,31,32)/t18-,23-/m0/s1. The number of rotatable bonds is 8. The van der Waals surface area contributed by atoms with Crippen LogP contribution < -0.4 is 10.6 Å². The van der Waals surface area contributed by atoms with Crippen LogP contribution in [0.1, 0.15) is 55.6 Å². The van der Waals surface area contributed by atoms with Gasteiger partial charge in [0.05, 0.1) is 11.3 Å². The monoisotopic (exact) mass is 476 g/mol. The molecule has 3 aliphatic carbocycles. The number of amides is 2. The van der Waals surface area contributed by atoms with Gasteiger partial charge in [-0.3, -0.25) is 9.59 Å². The zero-order valence-corrected chi connectivity index (χ0v) is 19.8. The number of carboxylic acid groups (broad SMARTS) is 1. The van der Waals surface area contributed by atoms with E-state index >= 15 is 0 Å². The molecule has 0 heterocycles. The molecule has 0 saturated heterocycles. The first-order valence-electron chi connectivity index (χ1n) is 12.6. The van der Waals surface area contributed by atoms with Crippen molar-refractivity contribution in [2.45, 2.75) is 44.4 Å². The van der Waals surface area contributed by atoms with E-state index in [9.17, 15) is 14.4 Å². The van der Waals surface area contributed by atoms with Crippen LogP contribution in [0.4, 0.5) is 4.79 Å². The summed E-state index contributed by atoms with van der Waals surface area (Å²) in [7, 11) is 0. The molecule has 7 nitrogen and oxygen atoms in total. The molecule has 2 aromatic carbocycles. The molecule has 0 aromatic heterocycles. The van der Waals surface area contributed by atoms with Gasteiger partial charge in [0.25, 0.3) is 0 Å². The normalized spacial score (nSPS) is 21.9. The summed E-state index contributed by atoms with van der Waals surface area (Å²) < 4.78 is 5.66. The highest BCUT2D eigenvalue weighted by molar-refractivity contribution is 5.84. The van der Waals surface area contributed by atoms with Crippen LogP contribution in [-0.2, 0) is 14.3 Å². The molecule has 7 heteroatoms. The Hall–Kier alpha value is -3.35. The van der Waals surface area contributed by atoms with Gasteiger partial charge in [-0.2, -0.15) is 0 Å². The predicted octanol–water partition coefficient (Wildman–Crippen LogP) is 4.31. The second kappa shape index (κ2) is 9.72. The summed E-state index contributed by atoms with van der Waals surface area (Å²) in [5.74, 6) is -1.25. The molecule has 35 heavy (non-hydrogen) atoms. The molecular formula is C28H32N2O5. The van der Waals surface area contributed by atoms with Gasteiger partial charge in [-0.25, -0.2) is 4.79 Å². The van der Waals surface area contributed by atoms with Gasteiger partial charge in [0.2, 0.25) is 5.91 Å². The largest absolute Gasteiger partial charge is 0.481 e. The number of alkyl carbamates (subject to hydrolysis) is 1. The first-order chi connectivity index (χ1) is 17.0. The summed E-state index contributed by atoms with van der Waals surface area (Å²) in [4.78, 5) is 36.9. The Labute approximate surface area is 205 Å². The first kappa shape index (κ1) is 23.4. The van der Waals surface area contributed by atoms with Gasteiger partial charge >= 0.3 is 12.1 Å². The molecule has 0 aliphatic heterocycles. The minimum absolute atomic E-state index is 0.00665. The second-order valence-electron chi connectivity index (χ2n) is 10.2. The van der Waals surface area contributed by atoms with Gasteiger partial charge < -0.3 is 20.5 Å². The third-order valence-electron chi connectivity index (χ3n) is 7.97. The van der Waals surface area contributed by atoms with Crippen LogP contribution in [0, 0.1) is 17.3 Å². The summed E-state index contributed by atoms with van der Waals surface area (Å²) >= 11 is 0. The molecule has 5 rings (SSSR count). The lowest BCUT2D eigenvalue weighted by atomic mass is 9.73. The van der Waals surface area contributed by atoms with Gasteiger partial charge in [0.1, 0.15) is 6.61 Å². The molecule has 0 radical (unpaired) electrons. The molecule has 0 spiro atoms. The lowest BCUT2D eigenvalue weighted by Gasteiger charge is -2.35. The molecule has 2 fully saturated rings. The van der Waals surface area contributed by atoms with Gasteiger partial charge in [0.15, 0.2) is 0 Å². The zero-order valence-electron chi connectivity index (χ0n) is 19.8. The summed E-state index contributed by atoms with van der Waals surface area (Å²) in [6.45, 7) is 0.836. The summed E-state index contributed by atoms with van der Waals surface area (Å²) in [6, 6.07) is 16.4. The Morgan fingerprint density at radius 2 is 1.54 bits per heavy atom. The van der Waals surface area contributed by atoms with E-state index in [0.29, 0.717) is 25.8 Å². The van der Waals surface area contributed by atoms with Crippen LogP contribution in [0.25, 0.3) is 11.1 Å². The molecule has 3 aliphatic rings. The smallest absolute Gasteiger partial charge is 0.407 e. The number of nitrogens with one attached hydrogen (secondary N) is 2. The molecule has 2 atom stereocenters. The number of hydrogen-bond acceptors (Lipinski definition) is 4. The van der Waals surface area contributed by atoms with E-state index in [2.05, 4.69) is 34.9 Å². The Bertz CT molecular complexity index is 1080. The van der Waals surface area contributed by atoms with Gasteiger partial charge in [-0.1, -0.05) is 67.8 Å². The average Bonchev–Trinajstić information content (AvgIpc) is 3.61. The maximum Gasteiger partial charge on any atom is 0.407 e. The zero-order chi connectivity index (χ0) is 24.4. The number of ether oxygens (including phenoxy) is 1. The van der Waals surface area contributed by atoms with Crippen molar-refractivity contribution >= 4 is 18.0 Å². The highest BCUT2D eigenvalue weighted by atomic mass is 16.5. The van der Waals surface area contributed by atoms with Crippen molar-refractivity contribution < 1.29 is 24.2 Å². The van der Waals surface area contributed by atoms with E-state index in [1.54, 1.807) is 0 Å². The minimum atomic E-state index is -0.798. The summed E-state index contributed by atoms with van der Waals surface area (Å²) in [5, 5.41) is 14.9. The Kier molecular flexibility index (Phi) is 6.50. The number of aliphatic carboxylic acids is 1. The maximum atomic E-state index is 13.1. The van der Waals surface area contributed by atoms with E-state index in [0.717, 1.165) is 30.4 Å². The quantitative estimate of drug-likeness (QED) is 0.527. The number of hydrogen-bond donors (Lipinski definition) is 3. The number of benzene rings is 2. The molecular weight excluding hydrogens is 444 g/mol. The van der Waals surface area contributed by atoms with E-state index in [-0.39, 0.29) is 36.8 Å². The van der Waals surface area contributed by atoms with Crippen molar-refractivity contribution in [3.63, 3.8) is 0 Å². The lowest BCUT2D eigenvalue weighted by molar-refractivity contribution is -0.139. The van der Waals surface area contributed by atoms with E-state index < -0.39 is 17.5 Å². The highest BCUT2D eigenvalue weighted by Crippen LogP contribution is 2.44. The molecule has 2 saturated carbocycles. The van der Waals surface area contributed by atoms with Crippen molar-refractivity contribution in [1.29, 1.82) is 0 Å². The van der Waals surface area contributed by atoms with Crippen molar-refractivity contribution in [2.24, 2.45) is 17.3 Å². The third-order valence-corrected chi connectivity index (χ3v) is 7.97. The van der Waals surface area contributed by atoms with Crippen molar-refractivity contribution in [3.05, 3.63) is 59.7 Å². The first-order valence-corrected chi connectivity index (χ1v) is 12.6. The van der Waals surface area contributed by atoms with E-state index in [1.807, 2.05) is 24.3 Å². The van der Waals surface area contributed by atoms with Crippen LogP contribution in [0.3, 0.4) is 0 Å². The minimum Gasteiger partial charge on any atom is -0.481 e. The fourth-order valence-electron chi connectivity index (χ4n) is 5.79. The number of carbonyl (C=O) groups excluding carboxylic acids is 2. The highest BCUT2D eigenvalue weighted by Gasteiger charge is 2.45. The van der Waals surface area contributed by atoms with Crippen molar-refractivity contribution in [2.75, 3.05) is 19.7 Å². The maximum absolute atomic E-state index is 13.1. The van der Waals surface area contributed by atoms with Crippen LogP contribution in [0.5, 0.6) is 0 Å². The third kappa shape index (κ3) is 4.77. The topological polar surface area (TPSA) is 105 Å². The van der Waals surface area contributed by atoms with Crippen LogP contribution in [-0.4, -0.2) is 42.8 Å². The van der Waals surface area contributed by atoms with E-state index in [4.69, 9.17) is 9.84 Å². The average molecular weight is 477 g/mol. The lowest BCUT2D eigenvalue weighted by Crippen LogP contribution is -2.50. The van der Waals surface area contributed by atoms with Gasteiger partial charge in [0, 0.05) is 19.0 Å². The molecule has 3 N–H and O–H groups in total. The van der Waals surface area contributed by atoms with Crippen LogP contribution >= 0.6 is 0 Å². The predicted molar refractivity (Wildman–Crippen MR) is 131 cm³/mol. The Morgan fingerprint density at radius 3 is 2.14 bits per heavy atom. The van der Waals surface area contributed by atoms with Crippen LogP contribution in [0.15, 0.2) is 48.5 Å². The summed E-state index contributed by atoms with van der Waals surface area (Å²) in [5.41, 5.74) is 4.00. The van der Waals surface area contributed by atoms with E-state index in [1.165, 1.54) is 11.1 Å². The van der Waals surface area contributed by atoms with Gasteiger partial charge in [-0.15, -0.1) is 0 Å². The Balaban J connectivity index is 1.18. The van der Waals surface area contributed by atoms with Crippen LogP contribution in [0.2, 0.25) is 0 Å². The van der Waals surface area contributed by atoms with Crippen molar-refractivity contribution in [3.8, 4) is 11.1 Å². The SMILES string of the molecule is O=C(NCC1(C(=O)NC[C@@H]2C[C@@H]2C(=O)O)CCCCC1)OCC1c2ccccc2-c2ccccc21.